The Morgan fingerprint density at radius 1 is 1.22 bits per heavy atom. The molecule has 0 atom stereocenters. The van der Waals surface area contributed by atoms with Crippen LogP contribution >= 0.6 is 34.2 Å². The van der Waals surface area contributed by atoms with Crippen LogP contribution in [0, 0.1) is 10.5 Å². The van der Waals surface area contributed by atoms with Crippen LogP contribution in [0.25, 0.3) is 0 Å². The fourth-order valence-electron chi connectivity index (χ4n) is 1.79. The second-order valence-corrected chi connectivity index (χ2v) is 5.75. The lowest BCUT2D eigenvalue weighted by Gasteiger charge is -2.07. The molecule has 0 saturated carbocycles. The Morgan fingerprint density at radius 2 is 1.94 bits per heavy atom. The maximum atomic E-state index is 12.3. The molecule has 0 aromatic heterocycles. The van der Waals surface area contributed by atoms with Crippen LogP contribution in [0.1, 0.15) is 21.5 Å². The van der Waals surface area contributed by atoms with Gasteiger partial charge in [-0.2, -0.15) is 0 Å². The second-order valence-electron chi connectivity index (χ2n) is 4.15. The largest absolute Gasteiger partial charge is 0.294 e. The number of Topliss-reactive ketones (excluding diaryl/α,β-unsaturated/α-hetero) is 1. The summed E-state index contributed by atoms with van der Waals surface area (Å²) in [5.74, 6) is 0.108. The normalized spacial score (nSPS) is 10.4. The lowest BCUT2D eigenvalue weighted by atomic mass is 10.00. The van der Waals surface area contributed by atoms with Gasteiger partial charge in [0, 0.05) is 20.6 Å². The maximum absolute atomic E-state index is 12.3. The highest BCUT2D eigenvalue weighted by molar-refractivity contribution is 14.1. The highest BCUT2D eigenvalue weighted by Gasteiger charge is 2.12. The number of hydrogen-bond acceptors (Lipinski definition) is 1. The summed E-state index contributed by atoms with van der Waals surface area (Å²) in [5, 5.41) is 0.601. The standard InChI is InChI=1S/C15H12ClIO/c1-10-4-2-3-5-11(10)8-15(18)13-9-12(16)6-7-14(13)17/h2-7,9H,8H2,1H3. The van der Waals surface area contributed by atoms with Crippen molar-refractivity contribution in [2.45, 2.75) is 13.3 Å². The van der Waals surface area contributed by atoms with E-state index in [9.17, 15) is 4.79 Å². The molecule has 2 aromatic rings. The number of carbonyl (C=O) groups excluding carboxylic acids is 1. The first kappa shape index (κ1) is 13.6. The Bertz CT molecular complexity index is 593. The molecule has 92 valence electrons. The van der Waals surface area contributed by atoms with E-state index in [1.165, 1.54) is 0 Å². The summed E-state index contributed by atoms with van der Waals surface area (Å²) < 4.78 is 0.940. The van der Waals surface area contributed by atoms with E-state index in [0.717, 1.165) is 14.7 Å². The first-order valence-electron chi connectivity index (χ1n) is 5.60. The van der Waals surface area contributed by atoms with Gasteiger partial charge in [-0.05, 0) is 58.8 Å². The van der Waals surface area contributed by atoms with Gasteiger partial charge in [-0.1, -0.05) is 35.9 Å². The molecule has 1 nitrogen and oxygen atoms in total. The SMILES string of the molecule is Cc1ccccc1CC(=O)c1cc(Cl)ccc1I. The monoisotopic (exact) mass is 370 g/mol. The Kier molecular flexibility index (Phi) is 4.40. The van der Waals surface area contributed by atoms with Crippen molar-refractivity contribution in [3.63, 3.8) is 0 Å². The van der Waals surface area contributed by atoms with E-state index in [0.29, 0.717) is 17.0 Å². The molecular formula is C15H12ClIO. The first-order valence-corrected chi connectivity index (χ1v) is 7.06. The van der Waals surface area contributed by atoms with E-state index in [1.54, 1.807) is 12.1 Å². The number of halogens is 2. The lowest BCUT2D eigenvalue weighted by Crippen LogP contribution is -2.06. The summed E-state index contributed by atoms with van der Waals surface area (Å²) >= 11 is 8.10. The summed E-state index contributed by atoms with van der Waals surface area (Å²) in [4.78, 5) is 12.3. The number of rotatable bonds is 3. The van der Waals surface area contributed by atoms with E-state index in [2.05, 4.69) is 22.6 Å². The van der Waals surface area contributed by atoms with Gasteiger partial charge in [-0.15, -0.1) is 0 Å². The van der Waals surface area contributed by atoms with Crippen LogP contribution in [-0.2, 0) is 6.42 Å². The fourth-order valence-corrected chi connectivity index (χ4v) is 2.60. The van der Waals surface area contributed by atoms with E-state index in [4.69, 9.17) is 11.6 Å². The van der Waals surface area contributed by atoms with Gasteiger partial charge < -0.3 is 0 Å². The summed E-state index contributed by atoms with van der Waals surface area (Å²) in [6.45, 7) is 2.02. The van der Waals surface area contributed by atoms with E-state index in [-0.39, 0.29) is 5.78 Å². The predicted molar refractivity (Wildman–Crippen MR) is 83.4 cm³/mol. The number of hydrogen-bond donors (Lipinski definition) is 0. The van der Waals surface area contributed by atoms with Crippen molar-refractivity contribution >= 4 is 40.0 Å². The van der Waals surface area contributed by atoms with Crippen LogP contribution in [0.2, 0.25) is 5.02 Å². The third-order valence-electron chi connectivity index (χ3n) is 2.84. The Hall–Kier alpha value is -0.870. The minimum atomic E-state index is 0.108. The molecule has 0 aliphatic rings. The molecule has 0 unspecified atom stereocenters. The van der Waals surface area contributed by atoms with Gasteiger partial charge >= 0.3 is 0 Å². The third-order valence-corrected chi connectivity index (χ3v) is 4.02. The van der Waals surface area contributed by atoms with Gasteiger partial charge in [0.1, 0.15) is 0 Å². The number of benzene rings is 2. The fraction of sp³-hybridized carbons (Fsp3) is 0.133. The van der Waals surface area contributed by atoms with Crippen molar-refractivity contribution in [1.82, 2.24) is 0 Å². The molecule has 18 heavy (non-hydrogen) atoms. The Balaban J connectivity index is 2.28. The zero-order valence-corrected chi connectivity index (χ0v) is 12.8. The molecule has 0 fully saturated rings. The molecular weight excluding hydrogens is 359 g/mol. The zero-order valence-electron chi connectivity index (χ0n) is 9.91. The molecule has 0 radical (unpaired) electrons. The van der Waals surface area contributed by atoms with Crippen LogP contribution in [0.5, 0.6) is 0 Å². The molecule has 0 saturated heterocycles. The van der Waals surface area contributed by atoms with Crippen molar-refractivity contribution < 1.29 is 4.79 Å². The van der Waals surface area contributed by atoms with Gasteiger partial charge in [-0.25, -0.2) is 0 Å². The molecule has 2 aromatic carbocycles. The topological polar surface area (TPSA) is 17.1 Å². The smallest absolute Gasteiger partial charge is 0.168 e. The van der Waals surface area contributed by atoms with Crippen molar-refractivity contribution in [2.24, 2.45) is 0 Å². The quantitative estimate of drug-likeness (QED) is 0.566. The molecule has 0 aliphatic carbocycles. The third kappa shape index (κ3) is 3.12. The van der Waals surface area contributed by atoms with Crippen molar-refractivity contribution in [3.05, 3.63) is 67.7 Å². The van der Waals surface area contributed by atoms with Crippen molar-refractivity contribution in [2.75, 3.05) is 0 Å². The van der Waals surface area contributed by atoms with Crippen LogP contribution < -0.4 is 0 Å². The molecule has 0 heterocycles. The average molecular weight is 371 g/mol. The van der Waals surface area contributed by atoms with Crippen LogP contribution in [0.4, 0.5) is 0 Å². The van der Waals surface area contributed by atoms with Gasteiger partial charge in [0.25, 0.3) is 0 Å². The molecule has 0 N–H and O–H groups in total. The summed E-state index contributed by atoms with van der Waals surface area (Å²) in [7, 11) is 0. The zero-order chi connectivity index (χ0) is 13.1. The van der Waals surface area contributed by atoms with Crippen molar-refractivity contribution in [3.8, 4) is 0 Å². The van der Waals surface area contributed by atoms with E-state index < -0.39 is 0 Å². The van der Waals surface area contributed by atoms with Crippen molar-refractivity contribution in [1.29, 1.82) is 0 Å². The highest BCUT2D eigenvalue weighted by atomic mass is 127. The lowest BCUT2D eigenvalue weighted by molar-refractivity contribution is 0.0992. The van der Waals surface area contributed by atoms with Crippen LogP contribution in [0.15, 0.2) is 42.5 Å². The highest BCUT2D eigenvalue weighted by Crippen LogP contribution is 2.20. The average Bonchev–Trinajstić information content (AvgIpc) is 2.35. The molecule has 0 bridgehead atoms. The van der Waals surface area contributed by atoms with Gasteiger partial charge in [0.05, 0.1) is 0 Å². The first-order chi connectivity index (χ1) is 8.58. The number of aryl methyl sites for hydroxylation is 1. The molecule has 0 aliphatic heterocycles. The number of carbonyl (C=O) groups is 1. The van der Waals surface area contributed by atoms with Gasteiger partial charge in [0.2, 0.25) is 0 Å². The minimum absolute atomic E-state index is 0.108. The number of ketones is 1. The molecule has 0 amide bonds. The Morgan fingerprint density at radius 3 is 2.67 bits per heavy atom. The van der Waals surface area contributed by atoms with Gasteiger partial charge in [-0.3, -0.25) is 4.79 Å². The predicted octanol–water partition coefficient (Wildman–Crippen LogP) is 4.68. The maximum Gasteiger partial charge on any atom is 0.168 e. The second kappa shape index (κ2) is 5.85. The molecule has 2 rings (SSSR count). The summed E-state index contributed by atoms with van der Waals surface area (Å²) in [5.41, 5.74) is 2.91. The van der Waals surface area contributed by atoms with Crippen LogP contribution in [-0.4, -0.2) is 5.78 Å². The molecule has 3 heteroatoms. The van der Waals surface area contributed by atoms with Crippen LogP contribution in [0.3, 0.4) is 0 Å². The molecule has 0 spiro atoms. The summed E-state index contributed by atoms with van der Waals surface area (Å²) in [6.07, 6.45) is 0.420. The van der Waals surface area contributed by atoms with E-state index in [1.807, 2.05) is 37.3 Å². The minimum Gasteiger partial charge on any atom is -0.294 e. The summed E-state index contributed by atoms with van der Waals surface area (Å²) in [6, 6.07) is 13.4. The van der Waals surface area contributed by atoms with E-state index >= 15 is 0 Å². The van der Waals surface area contributed by atoms with Gasteiger partial charge in [0.15, 0.2) is 5.78 Å². The Labute approximate surface area is 125 Å².